The van der Waals surface area contributed by atoms with Crippen LogP contribution >= 0.6 is 0 Å². The summed E-state index contributed by atoms with van der Waals surface area (Å²) in [7, 11) is 5.78. The van der Waals surface area contributed by atoms with Crippen molar-refractivity contribution in [1.29, 1.82) is 0 Å². The number of carbonyl (C=O) groups is 1. The second-order valence-corrected chi connectivity index (χ2v) is 6.87. The van der Waals surface area contributed by atoms with Crippen molar-refractivity contribution < 1.29 is 4.79 Å². The van der Waals surface area contributed by atoms with E-state index in [1.54, 1.807) is 35.8 Å². The van der Waals surface area contributed by atoms with Crippen molar-refractivity contribution in [2.24, 2.45) is 0 Å². The van der Waals surface area contributed by atoms with E-state index in [2.05, 4.69) is 15.0 Å². The van der Waals surface area contributed by atoms with Gasteiger partial charge in [-0.25, -0.2) is 0 Å². The molecule has 0 saturated carbocycles. The average molecular weight is 368 g/mol. The van der Waals surface area contributed by atoms with E-state index in [-0.39, 0.29) is 17.5 Å². The summed E-state index contributed by atoms with van der Waals surface area (Å²) in [6, 6.07) is 1.92. The number of H-pyrrole nitrogens is 1. The van der Waals surface area contributed by atoms with E-state index in [0.29, 0.717) is 24.5 Å². The van der Waals surface area contributed by atoms with Gasteiger partial charge in [-0.05, 0) is 20.2 Å². The molecule has 0 atom stereocenters. The molecule has 8 heteroatoms. The number of aromatic amines is 1. The molecular weight excluding hydrogens is 344 g/mol. The fraction of sp³-hybridized carbons (Fsp3) is 0.368. The number of rotatable bonds is 6. The number of hydrogen-bond donors (Lipinski definition) is 1. The van der Waals surface area contributed by atoms with E-state index in [1.165, 1.54) is 0 Å². The van der Waals surface area contributed by atoms with Gasteiger partial charge in [-0.2, -0.15) is 0 Å². The number of pyridine rings is 1. The number of nitrogens with one attached hydrogen (secondary N) is 1. The molecule has 1 saturated heterocycles. The fourth-order valence-corrected chi connectivity index (χ4v) is 2.88. The lowest BCUT2D eigenvalue weighted by Crippen LogP contribution is -2.60. The van der Waals surface area contributed by atoms with Crippen molar-refractivity contribution in [1.82, 2.24) is 24.8 Å². The van der Waals surface area contributed by atoms with Crippen molar-refractivity contribution in [2.45, 2.75) is 6.04 Å². The smallest absolute Gasteiger partial charge is 0.271 e. The van der Waals surface area contributed by atoms with Crippen molar-refractivity contribution in [3.05, 3.63) is 53.4 Å². The Hall–Kier alpha value is -3.00. The average Bonchev–Trinajstić information content (AvgIpc) is 2.61. The maximum atomic E-state index is 12.3. The van der Waals surface area contributed by atoms with E-state index in [9.17, 15) is 9.59 Å². The molecule has 1 N–H and O–H groups in total. The van der Waals surface area contributed by atoms with Gasteiger partial charge in [-0.1, -0.05) is 6.08 Å². The molecule has 0 aliphatic carbocycles. The van der Waals surface area contributed by atoms with Crippen molar-refractivity contribution in [2.75, 3.05) is 45.7 Å². The lowest BCUT2D eigenvalue weighted by Gasteiger charge is -2.44. The van der Waals surface area contributed by atoms with E-state index in [0.717, 1.165) is 12.1 Å². The van der Waals surface area contributed by atoms with E-state index < -0.39 is 0 Å². The summed E-state index contributed by atoms with van der Waals surface area (Å²) in [6.07, 6.45) is 9.97. The summed E-state index contributed by atoms with van der Waals surface area (Å²) < 4.78 is 0. The van der Waals surface area contributed by atoms with Crippen LogP contribution in [0.2, 0.25) is 0 Å². The van der Waals surface area contributed by atoms with Crippen LogP contribution in [0, 0.1) is 0 Å². The molecule has 8 nitrogen and oxygen atoms in total. The standard InChI is InChI=1S/C19H24N6O2/c1-23(2)8-4-5-18(26)25-12-15(13-25)24(3)17-9-14(10-22-19(17)27)16-11-20-6-7-21-16/h4-7,9-11,15H,8,12-13H2,1-3H3,(H,22,27)/b5-4+. The maximum absolute atomic E-state index is 12.3. The minimum absolute atomic E-state index is 0.00344. The van der Waals surface area contributed by atoms with Gasteiger partial charge in [-0.3, -0.25) is 19.6 Å². The molecule has 1 aliphatic rings. The number of hydrogen-bond acceptors (Lipinski definition) is 6. The minimum atomic E-state index is -0.166. The Morgan fingerprint density at radius 3 is 2.78 bits per heavy atom. The van der Waals surface area contributed by atoms with Crippen LogP contribution in [-0.4, -0.2) is 77.5 Å². The predicted molar refractivity (Wildman–Crippen MR) is 105 cm³/mol. The number of amides is 1. The van der Waals surface area contributed by atoms with Gasteiger partial charge in [0.15, 0.2) is 0 Å². The van der Waals surface area contributed by atoms with Crippen LogP contribution in [0.3, 0.4) is 0 Å². The second kappa shape index (κ2) is 8.13. The summed E-state index contributed by atoms with van der Waals surface area (Å²) in [5.41, 5.74) is 1.88. The van der Waals surface area contributed by atoms with Gasteiger partial charge in [-0.15, -0.1) is 0 Å². The van der Waals surface area contributed by atoms with Crippen LogP contribution in [0.4, 0.5) is 5.69 Å². The predicted octanol–water partition coefficient (Wildman–Crippen LogP) is 0.597. The van der Waals surface area contributed by atoms with Gasteiger partial charge in [0.2, 0.25) is 5.91 Å². The highest BCUT2D eigenvalue weighted by Gasteiger charge is 2.33. The Morgan fingerprint density at radius 2 is 2.11 bits per heavy atom. The molecule has 0 unspecified atom stereocenters. The fourth-order valence-electron chi connectivity index (χ4n) is 2.88. The third-order valence-electron chi connectivity index (χ3n) is 4.58. The van der Waals surface area contributed by atoms with Gasteiger partial charge in [0.1, 0.15) is 5.69 Å². The first-order chi connectivity index (χ1) is 13.0. The molecule has 0 spiro atoms. The number of nitrogens with zero attached hydrogens (tertiary/aromatic N) is 5. The third kappa shape index (κ3) is 4.40. The number of likely N-dealkylation sites (tertiary alicyclic amines) is 1. The normalized spacial score (nSPS) is 14.6. The Morgan fingerprint density at radius 1 is 1.33 bits per heavy atom. The Bertz CT molecular complexity index is 871. The zero-order valence-electron chi connectivity index (χ0n) is 15.8. The molecule has 1 amide bonds. The van der Waals surface area contributed by atoms with Crippen molar-refractivity contribution in [3.8, 4) is 11.3 Å². The largest absolute Gasteiger partial charge is 0.364 e. The van der Waals surface area contributed by atoms with Crippen LogP contribution in [0.5, 0.6) is 0 Å². The number of likely N-dealkylation sites (N-methyl/N-ethyl adjacent to an activating group) is 2. The summed E-state index contributed by atoms with van der Waals surface area (Å²) in [6.45, 7) is 1.92. The Balaban J connectivity index is 1.66. The summed E-state index contributed by atoms with van der Waals surface area (Å²) in [4.78, 5) is 41.2. The van der Waals surface area contributed by atoms with Gasteiger partial charge in [0, 0.05) is 56.9 Å². The van der Waals surface area contributed by atoms with Gasteiger partial charge < -0.3 is 19.7 Å². The molecule has 142 valence electrons. The number of aromatic nitrogens is 3. The molecule has 2 aromatic rings. The first-order valence-corrected chi connectivity index (χ1v) is 8.78. The minimum Gasteiger partial charge on any atom is -0.364 e. The Kier molecular flexibility index (Phi) is 5.66. The van der Waals surface area contributed by atoms with Crippen molar-refractivity contribution in [3.63, 3.8) is 0 Å². The second-order valence-electron chi connectivity index (χ2n) is 6.87. The molecular formula is C19H24N6O2. The summed E-state index contributed by atoms with van der Waals surface area (Å²) >= 11 is 0. The molecule has 27 heavy (non-hydrogen) atoms. The Labute approximate surface area is 158 Å². The lowest BCUT2D eigenvalue weighted by molar-refractivity contribution is -0.130. The number of anilines is 1. The topological polar surface area (TPSA) is 85.4 Å². The van der Waals surface area contributed by atoms with Crippen LogP contribution in [0.25, 0.3) is 11.3 Å². The molecule has 1 fully saturated rings. The highest BCUT2D eigenvalue weighted by atomic mass is 16.2. The molecule has 1 aliphatic heterocycles. The van der Waals surface area contributed by atoms with Gasteiger partial charge in [0.05, 0.1) is 17.9 Å². The van der Waals surface area contributed by atoms with Crippen LogP contribution in [0.15, 0.2) is 47.8 Å². The van der Waals surface area contributed by atoms with E-state index >= 15 is 0 Å². The summed E-state index contributed by atoms with van der Waals surface area (Å²) in [5, 5.41) is 0. The highest BCUT2D eigenvalue weighted by Crippen LogP contribution is 2.22. The third-order valence-corrected chi connectivity index (χ3v) is 4.58. The summed E-state index contributed by atoms with van der Waals surface area (Å²) in [5.74, 6) is 0.00344. The lowest BCUT2D eigenvalue weighted by atomic mass is 10.1. The van der Waals surface area contributed by atoms with Crippen LogP contribution in [-0.2, 0) is 4.79 Å². The molecule has 0 aromatic carbocycles. The molecule has 0 bridgehead atoms. The van der Waals surface area contributed by atoms with Crippen LogP contribution < -0.4 is 10.5 Å². The first kappa shape index (κ1) is 18.8. The number of carbonyl (C=O) groups excluding carboxylic acids is 1. The quantitative estimate of drug-likeness (QED) is 0.752. The molecule has 0 radical (unpaired) electrons. The zero-order valence-corrected chi connectivity index (χ0v) is 15.8. The van der Waals surface area contributed by atoms with Crippen LogP contribution in [0.1, 0.15) is 0 Å². The zero-order chi connectivity index (χ0) is 19.4. The van der Waals surface area contributed by atoms with Gasteiger partial charge in [0.25, 0.3) is 5.56 Å². The highest BCUT2D eigenvalue weighted by molar-refractivity contribution is 5.88. The van der Waals surface area contributed by atoms with E-state index in [4.69, 9.17) is 0 Å². The van der Waals surface area contributed by atoms with Crippen molar-refractivity contribution >= 4 is 11.6 Å². The van der Waals surface area contributed by atoms with E-state index in [1.807, 2.05) is 43.1 Å². The molecule has 2 aromatic heterocycles. The monoisotopic (exact) mass is 368 g/mol. The molecule has 3 rings (SSSR count). The first-order valence-electron chi connectivity index (χ1n) is 8.78. The molecule has 3 heterocycles. The van der Waals surface area contributed by atoms with Gasteiger partial charge >= 0.3 is 0 Å². The SMILES string of the molecule is CN(C)C/C=C/C(=O)N1CC(N(C)c2cc(-c3cnccn3)c[nH]c2=O)C1. The maximum Gasteiger partial charge on any atom is 0.271 e.